The molecule has 288 valence electrons. The molecule has 1 atom stereocenters. The van der Waals surface area contributed by atoms with E-state index in [2.05, 4.69) is 129 Å². The smallest absolute Gasteiger partial charge is 0.322 e. The normalized spacial score (nSPS) is 13.4. The fraction of sp³-hybridized carbons (Fsp3) is 0.500. The Morgan fingerprint density at radius 2 is 0.942 bits per heavy atom. The summed E-state index contributed by atoms with van der Waals surface area (Å²) in [4.78, 5) is 35.1. The highest BCUT2D eigenvalue weighted by Crippen LogP contribution is 2.13. The molecule has 0 aromatic carbocycles. The monoisotopic (exact) mass is 716 g/mol. The molecule has 0 saturated carbocycles. The minimum absolute atomic E-state index is 0.195. The van der Waals surface area contributed by atoms with Crippen LogP contribution in [-0.4, -0.2) is 35.6 Å². The Hall–Kier alpha value is -4.19. The van der Waals surface area contributed by atoms with Gasteiger partial charge in [0, 0.05) is 12.8 Å². The summed E-state index contributed by atoms with van der Waals surface area (Å²) in [5.74, 6) is -1.54. The summed E-state index contributed by atoms with van der Waals surface area (Å²) in [5.41, 5.74) is 0. The maximum absolute atomic E-state index is 12.6. The van der Waals surface area contributed by atoms with Crippen molar-refractivity contribution < 1.29 is 24.2 Å². The van der Waals surface area contributed by atoms with Crippen LogP contribution < -0.4 is 5.32 Å². The number of carboxylic acids is 1. The van der Waals surface area contributed by atoms with Crippen molar-refractivity contribution in [1.82, 2.24) is 5.32 Å². The number of carbonyl (C=O) groups is 3. The summed E-state index contributed by atoms with van der Waals surface area (Å²) < 4.78 is 5.81. The van der Waals surface area contributed by atoms with Crippen LogP contribution in [0.4, 0.5) is 0 Å². The van der Waals surface area contributed by atoms with Gasteiger partial charge < -0.3 is 15.2 Å². The Kier molecular flexibility index (Phi) is 36.4. The molecule has 0 aliphatic heterocycles. The van der Waals surface area contributed by atoms with Gasteiger partial charge in [-0.2, -0.15) is 0 Å². The first-order valence-electron chi connectivity index (χ1n) is 19.7. The van der Waals surface area contributed by atoms with Crippen LogP contribution >= 0.6 is 0 Å². The number of aliphatic carboxylic acids is 1. The molecular formula is C46H69NO5. The second-order valence-electron chi connectivity index (χ2n) is 12.4. The first-order chi connectivity index (χ1) is 25.5. The van der Waals surface area contributed by atoms with Gasteiger partial charge in [-0.05, 0) is 109 Å². The molecule has 0 saturated heterocycles. The number of hydrogen-bond acceptors (Lipinski definition) is 4. The first kappa shape index (κ1) is 47.8. The summed E-state index contributed by atoms with van der Waals surface area (Å²) in [7, 11) is 0. The van der Waals surface area contributed by atoms with E-state index < -0.39 is 5.97 Å². The molecule has 0 rings (SSSR count). The molecule has 0 aliphatic rings. The molecule has 0 radical (unpaired) electrons. The molecule has 2 N–H and O–H groups in total. The zero-order chi connectivity index (χ0) is 38.0. The van der Waals surface area contributed by atoms with Gasteiger partial charge in [0.15, 0.2) is 0 Å². The number of nitrogens with one attached hydrogen (secondary N) is 1. The Morgan fingerprint density at radius 3 is 1.40 bits per heavy atom. The highest BCUT2D eigenvalue weighted by molar-refractivity contribution is 5.81. The minimum atomic E-state index is -1.06. The lowest BCUT2D eigenvalue weighted by atomic mass is 10.1. The van der Waals surface area contributed by atoms with Crippen molar-refractivity contribution in [3.63, 3.8) is 0 Å². The maximum Gasteiger partial charge on any atom is 0.322 e. The van der Waals surface area contributed by atoms with Gasteiger partial charge >= 0.3 is 11.9 Å². The quantitative estimate of drug-likeness (QED) is 0.0401. The third-order valence-electron chi connectivity index (χ3n) is 7.61. The molecule has 6 heteroatoms. The molecule has 0 heterocycles. The van der Waals surface area contributed by atoms with E-state index in [1.165, 1.54) is 0 Å². The molecule has 0 spiro atoms. The summed E-state index contributed by atoms with van der Waals surface area (Å²) in [6.07, 6.45) is 58.9. The van der Waals surface area contributed by atoms with Crippen LogP contribution in [0.15, 0.2) is 122 Å². The predicted molar refractivity (Wildman–Crippen MR) is 221 cm³/mol. The number of ether oxygens (including phenoxy) is 1. The average Bonchev–Trinajstić information content (AvgIpc) is 3.13. The second kappa shape index (κ2) is 39.6. The van der Waals surface area contributed by atoms with E-state index in [0.29, 0.717) is 25.7 Å². The number of amides is 1. The maximum atomic E-state index is 12.6. The molecule has 6 nitrogen and oxygen atoms in total. The summed E-state index contributed by atoms with van der Waals surface area (Å²) in [6, 6.07) is 0. The van der Waals surface area contributed by atoms with Crippen molar-refractivity contribution in [1.29, 1.82) is 0 Å². The van der Waals surface area contributed by atoms with Crippen molar-refractivity contribution in [3.05, 3.63) is 122 Å². The Morgan fingerprint density at radius 1 is 0.519 bits per heavy atom. The zero-order valence-corrected chi connectivity index (χ0v) is 32.3. The van der Waals surface area contributed by atoms with E-state index >= 15 is 0 Å². The van der Waals surface area contributed by atoms with E-state index in [0.717, 1.165) is 89.9 Å². The average molecular weight is 716 g/mol. The van der Waals surface area contributed by atoms with Crippen LogP contribution in [0.1, 0.15) is 136 Å². The van der Waals surface area contributed by atoms with Crippen LogP contribution in [0.3, 0.4) is 0 Å². The summed E-state index contributed by atoms with van der Waals surface area (Å²) in [5, 5.41) is 11.1. The highest BCUT2D eigenvalue weighted by atomic mass is 16.5. The largest absolute Gasteiger partial charge is 0.480 e. The number of rotatable bonds is 33. The topological polar surface area (TPSA) is 92.7 Å². The van der Waals surface area contributed by atoms with Gasteiger partial charge in [-0.3, -0.25) is 14.4 Å². The van der Waals surface area contributed by atoms with E-state index in [1.807, 2.05) is 12.2 Å². The molecule has 0 aromatic rings. The van der Waals surface area contributed by atoms with Gasteiger partial charge in [0.25, 0.3) is 0 Å². The fourth-order valence-corrected chi connectivity index (χ4v) is 4.78. The lowest BCUT2D eigenvalue weighted by Gasteiger charge is -2.14. The van der Waals surface area contributed by atoms with E-state index in [-0.39, 0.29) is 30.9 Å². The number of esters is 1. The van der Waals surface area contributed by atoms with Crippen molar-refractivity contribution in [3.8, 4) is 0 Å². The molecule has 52 heavy (non-hydrogen) atoms. The van der Waals surface area contributed by atoms with Gasteiger partial charge in [-0.15, -0.1) is 0 Å². The standard InChI is InChI=1S/C46H69NO5/c1-3-5-7-9-11-13-15-17-19-20-21-22-23-25-27-29-31-33-35-41-46(51)52-43(39-36-37-40-44(48)47-42-45(49)50)38-34-32-30-28-26-24-18-16-14-12-10-8-6-4-2/h5-8,11-14,17-19,21-22,24-25,27-28,30,34,38,43H,3-4,9-10,15-16,20,23,26,29,31-33,35-37,39-42H2,1-2H3,(H,47,48)(H,49,50)/b7-5-,8-6-,13-11-,14-12-,19-17-,22-21-,24-18-,27-25-,30-28-,38-34-. The molecular weight excluding hydrogens is 647 g/mol. The van der Waals surface area contributed by atoms with E-state index in [9.17, 15) is 14.4 Å². The zero-order valence-electron chi connectivity index (χ0n) is 32.3. The molecule has 0 bridgehead atoms. The van der Waals surface area contributed by atoms with Crippen LogP contribution in [0.25, 0.3) is 0 Å². The second-order valence-corrected chi connectivity index (χ2v) is 12.4. The summed E-state index contributed by atoms with van der Waals surface area (Å²) in [6.45, 7) is 3.91. The SMILES string of the molecule is CC/C=C\C/C=C\C/C=C\C/C=C\C/C=C\CCCCCC(=O)OC(/C=C\C/C=C\C/C=C\C/C=C\C/C=C\CC)CCCCC(=O)NCC(=O)O. The van der Waals surface area contributed by atoms with Crippen molar-refractivity contribution in [2.45, 2.75) is 142 Å². The Bertz CT molecular complexity index is 1200. The fourth-order valence-electron chi connectivity index (χ4n) is 4.78. The van der Waals surface area contributed by atoms with Crippen LogP contribution in [-0.2, 0) is 19.1 Å². The lowest BCUT2D eigenvalue weighted by Crippen LogP contribution is -2.28. The number of allylic oxidation sites excluding steroid dienone is 19. The van der Waals surface area contributed by atoms with Crippen molar-refractivity contribution in [2.75, 3.05) is 6.54 Å². The third-order valence-corrected chi connectivity index (χ3v) is 7.61. The van der Waals surface area contributed by atoms with Gasteiger partial charge in [-0.1, -0.05) is 136 Å². The molecule has 1 amide bonds. The Balaban J connectivity index is 4.41. The van der Waals surface area contributed by atoms with Crippen LogP contribution in [0, 0.1) is 0 Å². The highest BCUT2D eigenvalue weighted by Gasteiger charge is 2.12. The van der Waals surface area contributed by atoms with Gasteiger partial charge in [0.2, 0.25) is 5.91 Å². The number of hydrogen-bond donors (Lipinski definition) is 2. The third kappa shape index (κ3) is 38.6. The van der Waals surface area contributed by atoms with Gasteiger partial charge in [0.1, 0.15) is 12.6 Å². The van der Waals surface area contributed by atoms with Gasteiger partial charge in [0.05, 0.1) is 0 Å². The van der Waals surface area contributed by atoms with Gasteiger partial charge in [-0.25, -0.2) is 0 Å². The number of carboxylic acid groups (broad SMARTS) is 1. The lowest BCUT2D eigenvalue weighted by molar-refractivity contribution is -0.147. The predicted octanol–water partition coefficient (Wildman–Crippen LogP) is 12.1. The molecule has 0 aliphatic carbocycles. The first-order valence-corrected chi connectivity index (χ1v) is 19.7. The minimum Gasteiger partial charge on any atom is -0.480 e. The van der Waals surface area contributed by atoms with Crippen molar-refractivity contribution in [2.24, 2.45) is 0 Å². The number of unbranched alkanes of at least 4 members (excludes halogenated alkanes) is 4. The molecule has 0 fully saturated rings. The molecule has 0 aromatic heterocycles. The number of carbonyl (C=O) groups excluding carboxylic acids is 2. The van der Waals surface area contributed by atoms with Crippen LogP contribution in [0.5, 0.6) is 0 Å². The van der Waals surface area contributed by atoms with Crippen LogP contribution in [0.2, 0.25) is 0 Å². The van der Waals surface area contributed by atoms with Crippen molar-refractivity contribution >= 4 is 17.8 Å². The Labute approximate surface area is 316 Å². The van der Waals surface area contributed by atoms with E-state index in [4.69, 9.17) is 9.84 Å². The van der Waals surface area contributed by atoms with E-state index in [1.54, 1.807) is 0 Å². The summed E-state index contributed by atoms with van der Waals surface area (Å²) >= 11 is 0. The molecule has 1 unspecified atom stereocenters.